The summed E-state index contributed by atoms with van der Waals surface area (Å²) < 4.78 is 0. The van der Waals surface area contributed by atoms with Crippen molar-refractivity contribution in [2.75, 3.05) is 12.4 Å². The highest BCUT2D eigenvalue weighted by Crippen LogP contribution is 1.81. The molecule has 1 N–H and O–H groups in total. The summed E-state index contributed by atoms with van der Waals surface area (Å²) in [5, 5.41) is 8.18. The van der Waals surface area contributed by atoms with E-state index in [0.29, 0.717) is 6.61 Å². The molecule has 0 aliphatic carbocycles. The van der Waals surface area contributed by atoms with Crippen molar-refractivity contribution in [2.45, 2.75) is 12.8 Å². The predicted molar refractivity (Wildman–Crippen MR) is 31.3 cm³/mol. The molecule has 1 nitrogen and oxygen atoms in total. The maximum Gasteiger partial charge on any atom is 0.103 e. The zero-order valence-corrected chi connectivity index (χ0v) is 4.78. The molecule has 0 amide bonds. The molecule has 0 heterocycles. The van der Waals surface area contributed by atoms with Crippen molar-refractivity contribution in [1.82, 2.24) is 0 Å². The van der Waals surface area contributed by atoms with E-state index in [2.05, 4.69) is 12.6 Å². The first-order valence-corrected chi connectivity index (χ1v) is 2.88. The molecule has 0 rings (SSSR count). The molecule has 0 aliphatic rings. The number of rotatable bonds is 3. The highest BCUT2D eigenvalue weighted by molar-refractivity contribution is 7.58. The Labute approximate surface area is 43.8 Å². The van der Waals surface area contributed by atoms with Crippen molar-refractivity contribution >= 4 is 12.6 Å². The quantitative estimate of drug-likeness (QED) is 0.390. The minimum absolute atomic E-state index is 0.324. The van der Waals surface area contributed by atoms with E-state index >= 15 is 0 Å². The number of hydrogen-bond acceptors (Lipinski definition) is 1. The SMILES string of the molecule is OCCCC[SH2+]. The Kier molecular flexibility index (Phi) is 5.58. The molecule has 0 radical (unpaired) electrons. The second-order valence-corrected chi connectivity index (χ2v) is 1.68. The Morgan fingerprint density at radius 2 is 2.00 bits per heavy atom. The topological polar surface area (TPSA) is 20.2 Å². The van der Waals surface area contributed by atoms with Crippen LogP contribution < -0.4 is 0 Å². The van der Waals surface area contributed by atoms with Crippen LogP contribution in [0.3, 0.4) is 0 Å². The third-order valence-electron chi connectivity index (χ3n) is 0.585. The van der Waals surface area contributed by atoms with Crippen molar-refractivity contribution < 1.29 is 5.11 Å². The van der Waals surface area contributed by atoms with Gasteiger partial charge in [0.25, 0.3) is 0 Å². The minimum atomic E-state index is 0.324. The smallest absolute Gasteiger partial charge is 0.103 e. The summed E-state index contributed by atoms with van der Waals surface area (Å²) in [6.45, 7) is 0.324. The molecule has 38 valence electrons. The van der Waals surface area contributed by atoms with Crippen molar-refractivity contribution in [1.29, 1.82) is 0 Å². The molecule has 0 saturated carbocycles. The summed E-state index contributed by atoms with van der Waals surface area (Å²) in [7, 11) is 0. The van der Waals surface area contributed by atoms with Gasteiger partial charge < -0.3 is 5.11 Å². The highest BCUT2D eigenvalue weighted by atomic mass is 32.1. The summed E-state index contributed by atoms with van der Waals surface area (Å²) in [5.74, 6) is 1.00. The lowest BCUT2D eigenvalue weighted by Crippen LogP contribution is -1.83. The van der Waals surface area contributed by atoms with Crippen LogP contribution in [0.1, 0.15) is 12.8 Å². The van der Waals surface area contributed by atoms with Gasteiger partial charge in [0.05, 0.1) is 0 Å². The summed E-state index contributed by atoms with van der Waals surface area (Å²) >= 11 is 3.28. The lowest BCUT2D eigenvalue weighted by molar-refractivity contribution is 0.287. The van der Waals surface area contributed by atoms with Crippen LogP contribution in [0.5, 0.6) is 0 Å². The van der Waals surface area contributed by atoms with Gasteiger partial charge in [-0.05, 0) is 25.5 Å². The number of aliphatic hydroxyl groups excluding tert-OH is 1. The van der Waals surface area contributed by atoms with Crippen molar-refractivity contribution in [3.05, 3.63) is 0 Å². The van der Waals surface area contributed by atoms with Gasteiger partial charge in [-0.2, -0.15) is 0 Å². The Hall–Kier alpha value is 0.310. The van der Waals surface area contributed by atoms with Gasteiger partial charge in [0.1, 0.15) is 5.75 Å². The summed E-state index contributed by atoms with van der Waals surface area (Å²) in [4.78, 5) is 0. The van der Waals surface area contributed by atoms with Crippen molar-refractivity contribution in [3.63, 3.8) is 0 Å². The van der Waals surface area contributed by atoms with E-state index in [-0.39, 0.29) is 0 Å². The molecule has 0 aromatic rings. The van der Waals surface area contributed by atoms with E-state index in [1.54, 1.807) is 0 Å². The molecule has 0 aromatic heterocycles. The molecule has 2 heteroatoms. The Morgan fingerprint density at radius 3 is 2.17 bits per heavy atom. The lowest BCUT2D eigenvalue weighted by Gasteiger charge is -1.82. The molecule has 0 spiro atoms. The number of hydrogen-bond donors (Lipinski definition) is 1. The van der Waals surface area contributed by atoms with Gasteiger partial charge >= 0.3 is 0 Å². The average molecular weight is 107 g/mol. The molecule has 0 atom stereocenters. The predicted octanol–water partition coefficient (Wildman–Crippen LogP) is -0.230. The van der Waals surface area contributed by atoms with Gasteiger partial charge in [-0.3, -0.25) is 0 Å². The summed E-state index contributed by atoms with van der Waals surface area (Å²) in [5.41, 5.74) is 0. The fraction of sp³-hybridized carbons (Fsp3) is 1.00. The second-order valence-electron chi connectivity index (χ2n) is 1.18. The third-order valence-corrected chi connectivity index (χ3v) is 0.938. The van der Waals surface area contributed by atoms with E-state index in [1.165, 1.54) is 0 Å². The van der Waals surface area contributed by atoms with E-state index in [4.69, 9.17) is 5.11 Å². The largest absolute Gasteiger partial charge is 0.396 e. The third kappa shape index (κ3) is 4.31. The number of unbranched alkanes of at least 4 members (excludes halogenated alkanes) is 1. The van der Waals surface area contributed by atoms with Crippen LogP contribution in [0.2, 0.25) is 0 Å². The first kappa shape index (κ1) is 6.31. The average Bonchev–Trinajstić information content (AvgIpc) is 1.61. The molecule has 0 aromatic carbocycles. The fourth-order valence-corrected chi connectivity index (χ4v) is 0.487. The van der Waals surface area contributed by atoms with Gasteiger partial charge in [-0.25, -0.2) is 0 Å². The van der Waals surface area contributed by atoms with E-state index in [1.807, 2.05) is 0 Å². The molecule has 0 bridgehead atoms. The Morgan fingerprint density at radius 1 is 1.33 bits per heavy atom. The van der Waals surface area contributed by atoms with Crippen LogP contribution in [-0.4, -0.2) is 17.5 Å². The van der Waals surface area contributed by atoms with Gasteiger partial charge in [0.2, 0.25) is 0 Å². The maximum absolute atomic E-state index is 8.18. The molecular weight excluding hydrogens is 96.1 g/mol. The van der Waals surface area contributed by atoms with Crippen LogP contribution in [0.15, 0.2) is 0 Å². The van der Waals surface area contributed by atoms with Crippen molar-refractivity contribution in [3.8, 4) is 0 Å². The van der Waals surface area contributed by atoms with Gasteiger partial charge in [-0.15, -0.1) is 0 Å². The van der Waals surface area contributed by atoms with Gasteiger partial charge in [-0.1, -0.05) is 0 Å². The van der Waals surface area contributed by atoms with E-state index in [9.17, 15) is 0 Å². The maximum atomic E-state index is 8.18. The standard InChI is InChI=1S/C4H10OS/c5-3-1-2-4-6/h5-6H,1-4H2/p+1. The minimum Gasteiger partial charge on any atom is -0.396 e. The summed E-state index contributed by atoms with van der Waals surface area (Å²) in [6.07, 6.45) is 2.00. The lowest BCUT2D eigenvalue weighted by atomic mass is 10.4. The monoisotopic (exact) mass is 107 g/mol. The zero-order chi connectivity index (χ0) is 4.83. The van der Waals surface area contributed by atoms with Crippen LogP contribution in [0.4, 0.5) is 0 Å². The first-order valence-electron chi connectivity index (χ1n) is 2.17. The normalized spacial score (nSPS) is 9.00. The van der Waals surface area contributed by atoms with Gasteiger partial charge in [0.15, 0.2) is 0 Å². The second kappa shape index (κ2) is 5.31. The van der Waals surface area contributed by atoms with Gasteiger partial charge in [0, 0.05) is 6.61 Å². The number of aliphatic hydroxyl groups is 1. The molecule has 0 unspecified atom stereocenters. The van der Waals surface area contributed by atoms with E-state index < -0.39 is 0 Å². The zero-order valence-electron chi connectivity index (χ0n) is 3.78. The Bertz CT molecular complexity index is 19.5. The molecule has 0 aliphatic heterocycles. The summed E-state index contributed by atoms with van der Waals surface area (Å²) in [6, 6.07) is 0. The van der Waals surface area contributed by atoms with Crippen molar-refractivity contribution in [2.24, 2.45) is 0 Å². The Balaban J connectivity index is 2.34. The van der Waals surface area contributed by atoms with Crippen LogP contribution >= 0.6 is 0 Å². The molecule has 0 fully saturated rings. The molecular formula is C4H11OS+. The first-order chi connectivity index (χ1) is 2.91. The van der Waals surface area contributed by atoms with Crippen LogP contribution in [0.25, 0.3) is 0 Å². The molecule has 0 saturated heterocycles. The van der Waals surface area contributed by atoms with Crippen LogP contribution in [0, 0.1) is 0 Å². The fourth-order valence-electron chi connectivity index (χ4n) is 0.237. The van der Waals surface area contributed by atoms with E-state index in [0.717, 1.165) is 18.6 Å². The molecule has 6 heavy (non-hydrogen) atoms. The highest BCUT2D eigenvalue weighted by Gasteiger charge is 1.80. The van der Waals surface area contributed by atoms with Crippen LogP contribution in [-0.2, 0) is 12.6 Å².